The minimum Gasteiger partial charge on any atom is -0.500 e. The zero-order chi connectivity index (χ0) is 18.7. The molecular formula is C18H14N2O6. The molecule has 0 unspecified atom stereocenters. The van der Waals surface area contributed by atoms with Crippen molar-refractivity contribution in [3.05, 3.63) is 69.3 Å². The second kappa shape index (κ2) is 7.06. The lowest BCUT2D eigenvalue weighted by Gasteiger charge is -2.08. The van der Waals surface area contributed by atoms with E-state index in [-0.39, 0.29) is 17.9 Å². The van der Waals surface area contributed by atoms with Crippen LogP contribution in [0.15, 0.2) is 53.2 Å². The Labute approximate surface area is 148 Å². The molecule has 132 valence electrons. The maximum absolute atomic E-state index is 12.0. The summed E-state index contributed by atoms with van der Waals surface area (Å²) >= 11 is 0. The zero-order valence-electron chi connectivity index (χ0n) is 13.7. The van der Waals surface area contributed by atoms with E-state index in [1.54, 1.807) is 31.2 Å². The molecule has 0 fully saturated rings. The van der Waals surface area contributed by atoms with Gasteiger partial charge in [0.2, 0.25) is 5.75 Å². The number of hydrogen-bond donors (Lipinski definition) is 1. The van der Waals surface area contributed by atoms with Crippen LogP contribution < -0.4 is 4.74 Å². The molecule has 0 bridgehead atoms. The molecule has 1 aliphatic rings. The van der Waals surface area contributed by atoms with Crippen molar-refractivity contribution < 1.29 is 24.4 Å². The van der Waals surface area contributed by atoms with Crippen molar-refractivity contribution in [2.75, 3.05) is 6.61 Å². The Hall–Kier alpha value is -3.68. The van der Waals surface area contributed by atoms with Crippen LogP contribution in [0.4, 0.5) is 5.69 Å². The largest absolute Gasteiger partial charge is 0.500 e. The Bertz CT molecular complexity index is 934. The second-order valence-corrected chi connectivity index (χ2v) is 5.32. The average molecular weight is 354 g/mol. The fourth-order valence-corrected chi connectivity index (χ4v) is 2.48. The van der Waals surface area contributed by atoms with Gasteiger partial charge in [-0.05, 0) is 24.6 Å². The average Bonchev–Trinajstić information content (AvgIpc) is 2.99. The van der Waals surface area contributed by atoms with E-state index >= 15 is 0 Å². The molecule has 0 amide bonds. The third-order valence-electron chi connectivity index (χ3n) is 3.63. The monoisotopic (exact) mass is 354 g/mol. The number of carbonyl (C=O) groups excluding carboxylic acids is 1. The topological polar surface area (TPSA) is 111 Å². The van der Waals surface area contributed by atoms with Gasteiger partial charge in [0.25, 0.3) is 0 Å². The van der Waals surface area contributed by atoms with Crippen LogP contribution in [-0.4, -0.2) is 28.3 Å². The number of nitrogens with zero attached hydrogens (tertiary/aromatic N) is 2. The molecule has 0 aliphatic carbocycles. The van der Waals surface area contributed by atoms with E-state index in [4.69, 9.17) is 9.57 Å². The molecule has 0 saturated heterocycles. The second-order valence-electron chi connectivity index (χ2n) is 5.32. The van der Waals surface area contributed by atoms with Gasteiger partial charge >= 0.3 is 11.7 Å². The van der Waals surface area contributed by atoms with Gasteiger partial charge in [-0.1, -0.05) is 35.5 Å². The van der Waals surface area contributed by atoms with Crippen LogP contribution in [0.25, 0.3) is 6.08 Å². The summed E-state index contributed by atoms with van der Waals surface area (Å²) in [5.41, 5.74) is 0.925. The van der Waals surface area contributed by atoms with E-state index in [9.17, 15) is 20.0 Å². The number of carbonyl (C=O) groups is 1. The van der Waals surface area contributed by atoms with Crippen molar-refractivity contribution >= 4 is 23.4 Å². The normalized spacial score (nSPS) is 14.9. The summed E-state index contributed by atoms with van der Waals surface area (Å²) in [6.45, 7) is 1.90. The molecule has 1 heterocycles. The number of rotatable bonds is 5. The number of nitro benzene ring substituents is 1. The van der Waals surface area contributed by atoms with Gasteiger partial charge in [0, 0.05) is 11.6 Å². The lowest BCUT2D eigenvalue weighted by atomic mass is 10.0. The highest BCUT2D eigenvalue weighted by Gasteiger charge is 2.27. The number of aromatic hydroxyl groups is 1. The van der Waals surface area contributed by atoms with E-state index in [1.807, 2.05) is 6.07 Å². The molecule has 26 heavy (non-hydrogen) atoms. The first-order valence-electron chi connectivity index (χ1n) is 7.72. The quantitative estimate of drug-likeness (QED) is 0.382. The Morgan fingerprint density at radius 3 is 2.69 bits per heavy atom. The first-order chi connectivity index (χ1) is 12.5. The Balaban J connectivity index is 2.09. The molecule has 0 radical (unpaired) electrons. The number of benzene rings is 2. The van der Waals surface area contributed by atoms with E-state index in [0.29, 0.717) is 16.8 Å². The summed E-state index contributed by atoms with van der Waals surface area (Å²) in [6, 6.07) is 11.5. The molecule has 0 aromatic heterocycles. The van der Waals surface area contributed by atoms with Gasteiger partial charge in [-0.2, -0.15) is 0 Å². The minimum atomic E-state index is -0.723. The SMILES string of the molecule is CCOc1cc(C=C2C(=O)ON=C2c2ccccc2)cc([N+](=O)[O-])c1O. The van der Waals surface area contributed by atoms with Crippen LogP contribution in [0.1, 0.15) is 18.1 Å². The van der Waals surface area contributed by atoms with Gasteiger partial charge < -0.3 is 14.7 Å². The molecule has 1 N–H and O–H groups in total. The van der Waals surface area contributed by atoms with Gasteiger partial charge in [0.1, 0.15) is 5.71 Å². The van der Waals surface area contributed by atoms with Crippen molar-refractivity contribution in [2.45, 2.75) is 6.92 Å². The molecule has 0 spiro atoms. The van der Waals surface area contributed by atoms with Crippen LogP contribution in [0, 0.1) is 10.1 Å². The Kier molecular flexibility index (Phi) is 4.66. The lowest BCUT2D eigenvalue weighted by molar-refractivity contribution is -0.386. The lowest BCUT2D eigenvalue weighted by Crippen LogP contribution is -2.06. The highest BCUT2D eigenvalue weighted by molar-refractivity contribution is 6.31. The van der Waals surface area contributed by atoms with Gasteiger partial charge in [0.05, 0.1) is 17.1 Å². The van der Waals surface area contributed by atoms with Gasteiger partial charge in [-0.3, -0.25) is 10.1 Å². The van der Waals surface area contributed by atoms with E-state index in [1.165, 1.54) is 12.1 Å². The number of oxime groups is 1. The first-order valence-corrected chi connectivity index (χ1v) is 7.72. The predicted molar refractivity (Wildman–Crippen MR) is 93.0 cm³/mol. The highest BCUT2D eigenvalue weighted by atomic mass is 16.7. The standard InChI is InChI=1S/C18H14N2O6/c1-2-25-15-10-11(9-14(17(15)21)20(23)24)8-13-16(19-26-18(13)22)12-6-4-3-5-7-12/h3-10,21H,2H2,1H3. The van der Waals surface area contributed by atoms with Crippen molar-refractivity contribution in [2.24, 2.45) is 5.16 Å². The molecule has 2 aromatic rings. The van der Waals surface area contributed by atoms with E-state index in [0.717, 1.165) is 6.07 Å². The van der Waals surface area contributed by atoms with Crippen LogP contribution in [0.5, 0.6) is 11.5 Å². The summed E-state index contributed by atoms with van der Waals surface area (Å²) in [5.74, 6) is -1.28. The van der Waals surface area contributed by atoms with Crippen LogP contribution in [-0.2, 0) is 9.63 Å². The molecule has 0 saturated carbocycles. The third-order valence-corrected chi connectivity index (χ3v) is 3.63. The highest BCUT2D eigenvalue weighted by Crippen LogP contribution is 2.38. The van der Waals surface area contributed by atoms with E-state index < -0.39 is 22.3 Å². The molecule has 3 rings (SSSR count). The maximum Gasteiger partial charge on any atom is 0.368 e. The number of phenolic OH excluding ortho intramolecular Hbond substituents is 1. The zero-order valence-corrected chi connectivity index (χ0v) is 13.7. The smallest absolute Gasteiger partial charge is 0.368 e. The summed E-state index contributed by atoms with van der Waals surface area (Å²) in [4.78, 5) is 27.2. The molecule has 8 heteroatoms. The molecule has 8 nitrogen and oxygen atoms in total. The van der Waals surface area contributed by atoms with E-state index in [2.05, 4.69) is 5.16 Å². The van der Waals surface area contributed by atoms with Crippen molar-refractivity contribution in [3.63, 3.8) is 0 Å². The van der Waals surface area contributed by atoms with Crippen molar-refractivity contribution in [1.29, 1.82) is 0 Å². The Morgan fingerprint density at radius 1 is 1.31 bits per heavy atom. The maximum atomic E-state index is 12.0. The summed E-state index contributed by atoms with van der Waals surface area (Å²) < 4.78 is 5.24. The first kappa shape index (κ1) is 17.2. The summed E-state index contributed by atoms with van der Waals surface area (Å²) in [7, 11) is 0. The molecule has 0 atom stereocenters. The number of phenols is 1. The van der Waals surface area contributed by atoms with Gasteiger partial charge in [-0.15, -0.1) is 0 Å². The molecule has 1 aliphatic heterocycles. The van der Waals surface area contributed by atoms with Crippen molar-refractivity contribution in [3.8, 4) is 11.5 Å². The van der Waals surface area contributed by atoms with Crippen molar-refractivity contribution in [1.82, 2.24) is 0 Å². The predicted octanol–water partition coefficient (Wildman–Crippen LogP) is 3.04. The number of ether oxygens (including phenoxy) is 1. The molecule has 2 aromatic carbocycles. The van der Waals surface area contributed by atoms with Crippen LogP contribution >= 0.6 is 0 Å². The third kappa shape index (κ3) is 3.25. The summed E-state index contributed by atoms with van der Waals surface area (Å²) in [5, 5.41) is 24.9. The van der Waals surface area contributed by atoms with Crippen LogP contribution in [0.2, 0.25) is 0 Å². The fraction of sp³-hybridized carbons (Fsp3) is 0.111. The van der Waals surface area contributed by atoms with Gasteiger partial charge in [-0.25, -0.2) is 4.79 Å². The fourth-order valence-electron chi connectivity index (χ4n) is 2.48. The van der Waals surface area contributed by atoms with Gasteiger partial charge in [0.15, 0.2) is 5.75 Å². The number of nitro groups is 1. The Morgan fingerprint density at radius 2 is 2.04 bits per heavy atom. The molecular weight excluding hydrogens is 340 g/mol. The summed E-state index contributed by atoms with van der Waals surface area (Å²) in [6.07, 6.45) is 1.41. The number of hydrogen-bond acceptors (Lipinski definition) is 7. The van der Waals surface area contributed by atoms with Crippen LogP contribution in [0.3, 0.4) is 0 Å². The minimum absolute atomic E-state index is 0.0434.